The lowest BCUT2D eigenvalue weighted by molar-refractivity contribution is -0.118. The molecule has 1 saturated carbocycles. The summed E-state index contributed by atoms with van der Waals surface area (Å²) in [5.74, 6) is 1.41. The molecule has 4 heteroatoms. The normalized spacial score (nSPS) is 14.4. The minimum atomic E-state index is -0.163. The quantitative estimate of drug-likeness (QED) is 0.791. The maximum atomic E-state index is 11.1. The van der Waals surface area contributed by atoms with E-state index in [1.165, 1.54) is 12.8 Å². The van der Waals surface area contributed by atoms with Crippen LogP contribution in [-0.2, 0) is 11.3 Å². The summed E-state index contributed by atoms with van der Waals surface area (Å²) in [7, 11) is 0. The van der Waals surface area contributed by atoms with Crippen molar-refractivity contribution in [3.8, 4) is 5.75 Å². The molecule has 0 aromatic heterocycles. The first-order valence-corrected chi connectivity index (χ1v) is 6.36. The van der Waals surface area contributed by atoms with Crippen LogP contribution in [0.25, 0.3) is 0 Å². The highest BCUT2D eigenvalue weighted by Crippen LogP contribution is 2.30. The van der Waals surface area contributed by atoms with E-state index in [0.717, 1.165) is 23.8 Å². The Labute approximate surface area is 106 Å². The number of alkyl halides is 1. The first-order chi connectivity index (χ1) is 8.29. The van der Waals surface area contributed by atoms with Crippen molar-refractivity contribution in [1.29, 1.82) is 0 Å². The molecule has 1 N–H and O–H groups in total. The number of hydrogen-bond donors (Lipinski definition) is 1. The van der Waals surface area contributed by atoms with Crippen molar-refractivity contribution in [2.24, 2.45) is 5.92 Å². The van der Waals surface area contributed by atoms with E-state index >= 15 is 0 Å². The van der Waals surface area contributed by atoms with Gasteiger partial charge in [-0.2, -0.15) is 0 Å². The largest absolute Gasteiger partial charge is 0.493 e. The van der Waals surface area contributed by atoms with Gasteiger partial charge in [0.2, 0.25) is 5.91 Å². The van der Waals surface area contributed by atoms with E-state index in [9.17, 15) is 4.79 Å². The van der Waals surface area contributed by atoms with E-state index in [1.807, 2.05) is 24.3 Å². The van der Waals surface area contributed by atoms with Gasteiger partial charge in [-0.1, -0.05) is 18.2 Å². The third kappa shape index (κ3) is 3.93. The minimum absolute atomic E-state index is 0.00883. The number of nitrogens with one attached hydrogen (secondary N) is 1. The van der Waals surface area contributed by atoms with Crippen molar-refractivity contribution in [2.75, 3.05) is 12.5 Å². The minimum Gasteiger partial charge on any atom is -0.493 e. The fourth-order valence-electron chi connectivity index (χ4n) is 1.52. The van der Waals surface area contributed by atoms with E-state index in [2.05, 4.69) is 5.32 Å². The Balaban J connectivity index is 1.91. The molecule has 1 fully saturated rings. The lowest BCUT2D eigenvalue weighted by Gasteiger charge is -2.11. The third-order valence-corrected chi connectivity index (χ3v) is 2.98. The van der Waals surface area contributed by atoms with Crippen LogP contribution in [0.3, 0.4) is 0 Å². The average molecular weight is 254 g/mol. The van der Waals surface area contributed by atoms with Crippen molar-refractivity contribution in [3.05, 3.63) is 29.8 Å². The summed E-state index contributed by atoms with van der Waals surface area (Å²) in [4.78, 5) is 11.1. The van der Waals surface area contributed by atoms with E-state index < -0.39 is 0 Å². The number of amides is 1. The first-order valence-electron chi connectivity index (χ1n) is 5.83. The molecule has 0 heterocycles. The molecule has 0 saturated heterocycles. The number of halogens is 1. The number of carbonyl (C=O) groups is 1. The van der Waals surface area contributed by atoms with Gasteiger partial charge < -0.3 is 10.1 Å². The number of rotatable bonds is 6. The zero-order valence-corrected chi connectivity index (χ0v) is 10.4. The Hall–Kier alpha value is -1.22. The van der Waals surface area contributed by atoms with Gasteiger partial charge in [-0.15, -0.1) is 11.6 Å². The van der Waals surface area contributed by atoms with E-state index in [4.69, 9.17) is 16.3 Å². The maximum absolute atomic E-state index is 11.1. The van der Waals surface area contributed by atoms with Crippen LogP contribution in [0.15, 0.2) is 24.3 Å². The summed E-state index contributed by atoms with van der Waals surface area (Å²) < 4.78 is 5.74. The Bertz CT molecular complexity index is 391. The van der Waals surface area contributed by atoms with Gasteiger partial charge in [-0.3, -0.25) is 4.79 Å². The van der Waals surface area contributed by atoms with Gasteiger partial charge in [-0.05, 0) is 24.8 Å². The average Bonchev–Trinajstić information content (AvgIpc) is 3.18. The first kappa shape index (κ1) is 12.2. The van der Waals surface area contributed by atoms with Gasteiger partial charge in [0, 0.05) is 12.1 Å². The van der Waals surface area contributed by atoms with Gasteiger partial charge in [0.05, 0.1) is 6.61 Å². The van der Waals surface area contributed by atoms with Crippen LogP contribution in [-0.4, -0.2) is 18.4 Å². The van der Waals surface area contributed by atoms with E-state index in [1.54, 1.807) is 0 Å². The van der Waals surface area contributed by atoms with Gasteiger partial charge >= 0.3 is 0 Å². The number of para-hydroxylation sites is 1. The molecule has 1 aliphatic rings. The monoisotopic (exact) mass is 253 g/mol. The third-order valence-electron chi connectivity index (χ3n) is 2.74. The molecule has 1 amide bonds. The molecule has 92 valence electrons. The fraction of sp³-hybridized carbons (Fsp3) is 0.462. The molecular weight excluding hydrogens is 238 g/mol. The lowest BCUT2D eigenvalue weighted by Crippen LogP contribution is -2.24. The van der Waals surface area contributed by atoms with Gasteiger partial charge in [0.25, 0.3) is 0 Å². The summed E-state index contributed by atoms with van der Waals surface area (Å²) in [6, 6.07) is 7.77. The van der Waals surface area contributed by atoms with Crippen LogP contribution < -0.4 is 10.1 Å². The Morgan fingerprint density at radius 1 is 1.41 bits per heavy atom. The fourth-order valence-corrected chi connectivity index (χ4v) is 1.62. The zero-order valence-electron chi connectivity index (χ0n) is 9.62. The summed E-state index contributed by atoms with van der Waals surface area (Å²) >= 11 is 5.43. The molecule has 3 nitrogen and oxygen atoms in total. The molecule has 17 heavy (non-hydrogen) atoms. The molecule has 0 bridgehead atoms. The Morgan fingerprint density at radius 2 is 2.18 bits per heavy atom. The molecule has 2 rings (SSSR count). The predicted molar refractivity (Wildman–Crippen MR) is 67.2 cm³/mol. The smallest absolute Gasteiger partial charge is 0.235 e. The zero-order chi connectivity index (χ0) is 12.1. The van der Waals surface area contributed by atoms with Crippen LogP contribution in [0.5, 0.6) is 5.75 Å². The second kappa shape index (κ2) is 5.92. The topological polar surface area (TPSA) is 38.3 Å². The van der Waals surface area contributed by atoms with Crippen molar-refractivity contribution >= 4 is 17.5 Å². The number of hydrogen-bond acceptors (Lipinski definition) is 2. The highest BCUT2D eigenvalue weighted by molar-refractivity contribution is 6.27. The molecule has 0 radical (unpaired) electrons. The summed E-state index contributed by atoms with van der Waals surface area (Å²) in [5, 5.41) is 2.74. The molecule has 0 unspecified atom stereocenters. The second-order valence-corrected chi connectivity index (χ2v) is 4.54. The molecule has 1 aromatic rings. The van der Waals surface area contributed by atoms with Crippen molar-refractivity contribution in [3.63, 3.8) is 0 Å². The SMILES string of the molecule is O=C(CCl)NCc1ccccc1OCC1CC1. The summed E-state index contributed by atoms with van der Waals surface area (Å²) in [5.41, 5.74) is 0.992. The van der Waals surface area contributed by atoms with Crippen LogP contribution in [0.4, 0.5) is 0 Å². The number of ether oxygens (including phenoxy) is 1. The van der Waals surface area contributed by atoms with Crippen molar-refractivity contribution in [1.82, 2.24) is 5.32 Å². The summed E-state index contributed by atoms with van der Waals surface area (Å²) in [6.07, 6.45) is 2.54. The van der Waals surface area contributed by atoms with E-state index in [-0.39, 0.29) is 11.8 Å². The van der Waals surface area contributed by atoms with Crippen molar-refractivity contribution < 1.29 is 9.53 Å². The Morgan fingerprint density at radius 3 is 2.88 bits per heavy atom. The molecule has 1 aromatic carbocycles. The summed E-state index contributed by atoms with van der Waals surface area (Å²) in [6.45, 7) is 1.24. The molecular formula is C13H16ClNO2. The van der Waals surface area contributed by atoms with Crippen LogP contribution in [0.2, 0.25) is 0 Å². The number of carbonyl (C=O) groups excluding carboxylic acids is 1. The van der Waals surface area contributed by atoms with Gasteiger partial charge in [0.15, 0.2) is 0 Å². The Kier molecular flexibility index (Phi) is 4.26. The van der Waals surface area contributed by atoms with Crippen LogP contribution >= 0.6 is 11.6 Å². The van der Waals surface area contributed by atoms with Crippen molar-refractivity contribution in [2.45, 2.75) is 19.4 Å². The number of benzene rings is 1. The highest BCUT2D eigenvalue weighted by Gasteiger charge is 2.22. The van der Waals surface area contributed by atoms with Crippen LogP contribution in [0.1, 0.15) is 18.4 Å². The predicted octanol–water partition coefficient (Wildman–Crippen LogP) is 2.33. The molecule has 0 atom stereocenters. The molecule has 0 spiro atoms. The van der Waals surface area contributed by atoms with E-state index in [0.29, 0.717) is 6.54 Å². The van der Waals surface area contributed by atoms with Gasteiger partial charge in [-0.25, -0.2) is 0 Å². The lowest BCUT2D eigenvalue weighted by atomic mass is 10.2. The standard InChI is InChI=1S/C13H16ClNO2/c14-7-13(16)15-8-11-3-1-2-4-12(11)17-9-10-5-6-10/h1-4,10H,5-9H2,(H,15,16). The molecule has 0 aliphatic heterocycles. The van der Waals surface area contributed by atoms with Crippen LogP contribution in [0, 0.1) is 5.92 Å². The van der Waals surface area contributed by atoms with Gasteiger partial charge in [0.1, 0.15) is 11.6 Å². The maximum Gasteiger partial charge on any atom is 0.235 e. The highest BCUT2D eigenvalue weighted by atomic mass is 35.5. The molecule has 1 aliphatic carbocycles. The second-order valence-electron chi connectivity index (χ2n) is 4.27.